The van der Waals surface area contributed by atoms with Crippen LogP contribution < -0.4 is 10.6 Å². The number of carbonyl (C=O) groups is 1. The molecule has 0 atom stereocenters. The van der Waals surface area contributed by atoms with Crippen LogP contribution in [0.3, 0.4) is 0 Å². The van der Waals surface area contributed by atoms with Crippen LogP contribution in [0, 0.1) is 0 Å². The molecule has 0 aliphatic heterocycles. The van der Waals surface area contributed by atoms with Crippen LogP contribution in [-0.2, 0) is 11.3 Å². The fourth-order valence-electron chi connectivity index (χ4n) is 2.92. The molecule has 1 amide bonds. The molecular weight excluding hydrogens is 316 g/mol. The molecule has 1 saturated carbocycles. The summed E-state index contributed by atoms with van der Waals surface area (Å²) in [5.74, 6) is 0.143. The molecule has 4 heteroatoms. The highest BCUT2D eigenvalue weighted by atomic mass is 79.9. The highest BCUT2D eigenvalue weighted by Gasteiger charge is 2.32. The largest absolute Gasteiger partial charge is 0.352 e. The summed E-state index contributed by atoms with van der Waals surface area (Å²) in [6, 6.07) is 8.05. The SMILES string of the molecule is CNC1(CC(=O)NCc2ccc(Br)cc2)CCCCC1. The van der Waals surface area contributed by atoms with Crippen LogP contribution in [0.4, 0.5) is 0 Å². The topological polar surface area (TPSA) is 41.1 Å². The molecule has 20 heavy (non-hydrogen) atoms. The summed E-state index contributed by atoms with van der Waals surface area (Å²) in [5.41, 5.74) is 1.14. The van der Waals surface area contributed by atoms with Crippen molar-refractivity contribution in [1.82, 2.24) is 10.6 Å². The zero-order chi connectivity index (χ0) is 14.4. The summed E-state index contributed by atoms with van der Waals surface area (Å²) in [6.45, 7) is 0.603. The Bertz CT molecular complexity index is 438. The van der Waals surface area contributed by atoms with Crippen LogP contribution in [0.1, 0.15) is 44.1 Å². The highest BCUT2D eigenvalue weighted by molar-refractivity contribution is 9.10. The van der Waals surface area contributed by atoms with Crippen LogP contribution in [0.25, 0.3) is 0 Å². The Balaban J connectivity index is 1.83. The van der Waals surface area contributed by atoms with E-state index in [1.807, 2.05) is 31.3 Å². The average molecular weight is 339 g/mol. The van der Waals surface area contributed by atoms with E-state index in [9.17, 15) is 4.79 Å². The van der Waals surface area contributed by atoms with E-state index >= 15 is 0 Å². The maximum Gasteiger partial charge on any atom is 0.222 e. The smallest absolute Gasteiger partial charge is 0.222 e. The van der Waals surface area contributed by atoms with Gasteiger partial charge >= 0.3 is 0 Å². The molecule has 1 aromatic carbocycles. The van der Waals surface area contributed by atoms with Gasteiger partial charge in [-0.2, -0.15) is 0 Å². The summed E-state index contributed by atoms with van der Waals surface area (Å²) >= 11 is 3.41. The predicted octanol–water partition coefficient (Wildman–Crippen LogP) is 3.38. The third-order valence-corrected chi connectivity index (χ3v) is 4.77. The quantitative estimate of drug-likeness (QED) is 0.864. The number of amides is 1. The predicted molar refractivity (Wildman–Crippen MR) is 85.5 cm³/mol. The number of hydrogen-bond donors (Lipinski definition) is 2. The van der Waals surface area contributed by atoms with Crippen molar-refractivity contribution in [3.63, 3.8) is 0 Å². The van der Waals surface area contributed by atoms with Crippen molar-refractivity contribution in [3.05, 3.63) is 34.3 Å². The van der Waals surface area contributed by atoms with Crippen molar-refractivity contribution in [3.8, 4) is 0 Å². The second-order valence-corrected chi connectivity index (χ2v) is 6.59. The van der Waals surface area contributed by atoms with E-state index in [0.29, 0.717) is 13.0 Å². The van der Waals surface area contributed by atoms with E-state index in [1.54, 1.807) is 0 Å². The van der Waals surface area contributed by atoms with Gasteiger partial charge in [0.25, 0.3) is 0 Å². The third-order valence-electron chi connectivity index (χ3n) is 4.24. The van der Waals surface area contributed by atoms with Gasteiger partial charge in [0, 0.05) is 23.0 Å². The van der Waals surface area contributed by atoms with Crippen LogP contribution in [0.5, 0.6) is 0 Å². The lowest BCUT2D eigenvalue weighted by Gasteiger charge is -2.36. The first-order valence-electron chi connectivity index (χ1n) is 7.34. The van der Waals surface area contributed by atoms with E-state index in [4.69, 9.17) is 0 Å². The molecule has 1 aliphatic carbocycles. The van der Waals surface area contributed by atoms with Gasteiger partial charge in [-0.05, 0) is 37.6 Å². The van der Waals surface area contributed by atoms with Gasteiger partial charge in [-0.3, -0.25) is 4.79 Å². The number of hydrogen-bond acceptors (Lipinski definition) is 2. The Hall–Kier alpha value is -0.870. The van der Waals surface area contributed by atoms with E-state index in [0.717, 1.165) is 22.9 Å². The van der Waals surface area contributed by atoms with E-state index in [-0.39, 0.29) is 11.4 Å². The molecule has 1 aliphatic rings. The highest BCUT2D eigenvalue weighted by Crippen LogP contribution is 2.30. The molecule has 3 nitrogen and oxygen atoms in total. The molecule has 110 valence electrons. The number of halogens is 1. The van der Waals surface area contributed by atoms with Gasteiger partial charge < -0.3 is 10.6 Å². The van der Waals surface area contributed by atoms with E-state index in [2.05, 4.69) is 26.6 Å². The van der Waals surface area contributed by atoms with E-state index in [1.165, 1.54) is 19.3 Å². The van der Waals surface area contributed by atoms with Crippen molar-refractivity contribution in [2.75, 3.05) is 7.05 Å². The fourth-order valence-corrected chi connectivity index (χ4v) is 3.18. The van der Waals surface area contributed by atoms with E-state index < -0.39 is 0 Å². The van der Waals surface area contributed by atoms with Crippen LogP contribution in [-0.4, -0.2) is 18.5 Å². The first-order valence-corrected chi connectivity index (χ1v) is 8.13. The fraction of sp³-hybridized carbons (Fsp3) is 0.562. The minimum absolute atomic E-state index is 0.0159. The molecule has 0 heterocycles. The van der Waals surface area contributed by atoms with Crippen molar-refractivity contribution in [1.29, 1.82) is 0 Å². The number of carbonyl (C=O) groups excluding carboxylic acids is 1. The maximum absolute atomic E-state index is 12.2. The molecule has 0 saturated heterocycles. The monoisotopic (exact) mass is 338 g/mol. The first-order chi connectivity index (χ1) is 9.63. The van der Waals surface area contributed by atoms with Gasteiger partial charge in [-0.15, -0.1) is 0 Å². The third kappa shape index (κ3) is 4.32. The van der Waals surface area contributed by atoms with Gasteiger partial charge in [-0.1, -0.05) is 47.3 Å². The summed E-state index contributed by atoms with van der Waals surface area (Å²) in [7, 11) is 1.98. The van der Waals surface area contributed by atoms with Crippen molar-refractivity contribution in [2.24, 2.45) is 0 Å². The summed E-state index contributed by atoms with van der Waals surface area (Å²) in [6.07, 6.45) is 6.54. The summed E-state index contributed by atoms with van der Waals surface area (Å²) in [4.78, 5) is 12.2. The Labute approximate surface area is 129 Å². The lowest BCUT2D eigenvalue weighted by Crippen LogP contribution is -2.48. The first kappa shape index (κ1) is 15.5. The minimum atomic E-state index is 0.0159. The van der Waals surface area contributed by atoms with Crippen LogP contribution in [0.15, 0.2) is 28.7 Å². The Kier molecular flexibility index (Phi) is 5.61. The Morgan fingerprint density at radius 1 is 1.20 bits per heavy atom. The zero-order valence-electron chi connectivity index (χ0n) is 12.0. The molecule has 1 aromatic rings. The standard InChI is InChI=1S/C16H23BrN2O/c1-18-16(9-3-2-4-10-16)11-15(20)19-12-13-5-7-14(17)8-6-13/h5-8,18H,2-4,9-12H2,1H3,(H,19,20). The zero-order valence-corrected chi connectivity index (χ0v) is 13.6. The number of nitrogens with one attached hydrogen (secondary N) is 2. The van der Waals surface area contributed by atoms with Crippen molar-refractivity contribution in [2.45, 2.75) is 50.6 Å². The molecule has 0 bridgehead atoms. The normalized spacial score (nSPS) is 17.7. The van der Waals surface area contributed by atoms with Gasteiger partial charge in [-0.25, -0.2) is 0 Å². The molecule has 2 rings (SSSR count). The lowest BCUT2D eigenvalue weighted by molar-refractivity contribution is -0.123. The average Bonchev–Trinajstić information content (AvgIpc) is 2.47. The molecule has 0 spiro atoms. The summed E-state index contributed by atoms with van der Waals surface area (Å²) in [5, 5.41) is 6.42. The number of benzene rings is 1. The molecule has 1 fully saturated rings. The van der Waals surface area contributed by atoms with Gasteiger partial charge in [0.1, 0.15) is 0 Å². The van der Waals surface area contributed by atoms with Crippen molar-refractivity contribution >= 4 is 21.8 Å². The van der Waals surface area contributed by atoms with Gasteiger partial charge in [0.15, 0.2) is 0 Å². The van der Waals surface area contributed by atoms with Gasteiger partial charge in [0.05, 0.1) is 0 Å². The molecule has 0 radical (unpaired) electrons. The molecule has 2 N–H and O–H groups in total. The minimum Gasteiger partial charge on any atom is -0.352 e. The van der Waals surface area contributed by atoms with Crippen LogP contribution in [0.2, 0.25) is 0 Å². The maximum atomic E-state index is 12.2. The molecular formula is C16H23BrN2O. The second-order valence-electron chi connectivity index (χ2n) is 5.67. The summed E-state index contributed by atoms with van der Waals surface area (Å²) < 4.78 is 1.06. The Morgan fingerprint density at radius 3 is 2.45 bits per heavy atom. The van der Waals surface area contributed by atoms with Crippen molar-refractivity contribution < 1.29 is 4.79 Å². The molecule has 0 aromatic heterocycles. The second kappa shape index (κ2) is 7.23. The number of rotatable bonds is 5. The Morgan fingerprint density at radius 2 is 1.85 bits per heavy atom. The lowest BCUT2D eigenvalue weighted by atomic mass is 9.79. The van der Waals surface area contributed by atoms with Gasteiger partial charge in [0.2, 0.25) is 5.91 Å². The molecule has 0 unspecified atom stereocenters. The van der Waals surface area contributed by atoms with Crippen LogP contribution >= 0.6 is 15.9 Å².